The first-order chi connectivity index (χ1) is 8.99. The number of aliphatic hydroxyl groups is 1. The third-order valence-corrected chi connectivity index (χ3v) is 3.46. The molecule has 2 rings (SSSR count). The number of hydrogen-bond acceptors (Lipinski definition) is 4. The molecule has 0 spiro atoms. The van der Waals surface area contributed by atoms with E-state index in [1.54, 1.807) is 30.2 Å². The number of likely N-dealkylation sites (tertiary alicyclic amines) is 1. The lowest BCUT2D eigenvalue weighted by Crippen LogP contribution is -2.63. The zero-order valence-electron chi connectivity index (χ0n) is 11.3. The zero-order valence-corrected chi connectivity index (χ0v) is 11.3. The van der Waals surface area contributed by atoms with Crippen molar-refractivity contribution in [3.63, 3.8) is 0 Å². The summed E-state index contributed by atoms with van der Waals surface area (Å²) in [6.07, 6.45) is 1.62. The molecule has 1 amide bonds. The van der Waals surface area contributed by atoms with E-state index in [9.17, 15) is 9.90 Å². The van der Waals surface area contributed by atoms with Crippen molar-refractivity contribution in [2.75, 3.05) is 25.9 Å². The van der Waals surface area contributed by atoms with Gasteiger partial charge in [-0.3, -0.25) is 4.79 Å². The quantitative estimate of drug-likeness (QED) is 0.803. The third kappa shape index (κ3) is 2.66. The van der Waals surface area contributed by atoms with Gasteiger partial charge >= 0.3 is 0 Å². The Morgan fingerprint density at radius 3 is 2.79 bits per heavy atom. The number of nitrogens with two attached hydrogens (primary N) is 1. The highest BCUT2D eigenvalue weighted by Gasteiger charge is 2.43. The van der Waals surface area contributed by atoms with E-state index in [1.807, 2.05) is 6.92 Å². The molecule has 1 fully saturated rings. The van der Waals surface area contributed by atoms with E-state index < -0.39 is 5.60 Å². The van der Waals surface area contributed by atoms with Crippen LogP contribution in [0.15, 0.2) is 18.2 Å². The van der Waals surface area contributed by atoms with E-state index in [0.717, 1.165) is 6.42 Å². The van der Waals surface area contributed by atoms with Crippen LogP contribution >= 0.6 is 0 Å². The summed E-state index contributed by atoms with van der Waals surface area (Å²) in [6, 6.07) is 5.01. The summed E-state index contributed by atoms with van der Waals surface area (Å²) in [5.41, 5.74) is 5.95. The molecule has 1 aliphatic heterocycles. The van der Waals surface area contributed by atoms with Crippen LogP contribution < -0.4 is 10.5 Å². The normalized spacial score (nSPS) is 16.9. The summed E-state index contributed by atoms with van der Waals surface area (Å²) >= 11 is 0. The SMILES string of the molecule is CCCC1(O)CN(C(=O)c2cc(OC)ccc2N)C1. The molecule has 19 heavy (non-hydrogen) atoms. The van der Waals surface area contributed by atoms with Crippen LogP contribution in [0.1, 0.15) is 30.1 Å². The Kier molecular flexibility index (Phi) is 3.66. The summed E-state index contributed by atoms with van der Waals surface area (Å²) in [5, 5.41) is 10.1. The Morgan fingerprint density at radius 2 is 2.21 bits per heavy atom. The van der Waals surface area contributed by atoms with Gasteiger partial charge in [0.2, 0.25) is 0 Å². The van der Waals surface area contributed by atoms with E-state index in [0.29, 0.717) is 36.5 Å². The molecule has 3 N–H and O–H groups in total. The lowest BCUT2D eigenvalue weighted by molar-refractivity contribution is -0.0859. The van der Waals surface area contributed by atoms with Gasteiger partial charge in [0.1, 0.15) is 5.75 Å². The molecule has 0 saturated carbocycles. The molecule has 1 heterocycles. The van der Waals surface area contributed by atoms with Crippen molar-refractivity contribution in [3.05, 3.63) is 23.8 Å². The van der Waals surface area contributed by atoms with Crippen molar-refractivity contribution in [3.8, 4) is 5.75 Å². The van der Waals surface area contributed by atoms with Gasteiger partial charge < -0.3 is 20.5 Å². The molecular formula is C14H20N2O3. The number of methoxy groups -OCH3 is 1. The number of hydrogen-bond donors (Lipinski definition) is 2. The standard InChI is InChI=1S/C14H20N2O3/c1-3-6-14(18)8-16(9-14)13(17)11-7-10(19-2)4-5-12(11)15/h4-5,7,18H,3,6,8-9,15H2,1-2H3. The largest absolute Gasteiger partial charge is 0.497 e. The minimum atomic E-state index is -0.724. The predicted molar refractivity (Wildman–Crippen MR) is 73.2 cm³/mol. The number of carbonyl (C=O) groups is 1. The lowest BCUT2D eigenvalue weighted by atomic mass is 9.88. The minimum Gasteiger partial charge on any atom is -0.497 e. The summed E-state index contributed by atoms with van der Waals surface area (Å²) in [5.74, 6) is 0.444. The number of benzene rings is 1. The fourth-order valence-corrected chi connectivity index (χ4v) is 2.45. The van der Waals surface area contributed by atoms with E-state index in [4.69, 9.17) is 10.5 Å². The number of amides is 1. The van der Waals surface area contributed by atoms with Crippen LogP contribution in [0, 0.1) is 0 Å². The molecule has 0 aliphatic carbocycles. The van der Waals surface area contributed by atoms with Gasteiger partial charge in [0.05, 0.1) is 31.4 Å². The van der Waals surface area contributed by atoms with Crippen LogP contribution in [0.2, 0.25) is 0 Å². The maximum absolute atomic E-state index is 12.3. The van der Waals surface area contributed by atoms with Crippen molar-refractivity contribution in [1.82, 2.24) is 4.90 Å². The van der Waals surface area contributed by atoms with Crippen LogP contribution in [-0.2, 0) is 0 Å². The molecular weight excluding hydrogens is 244 g/mol. The molecule has 1 aromatic rings. The smallest absolute Gasteiger partial charge is 0.256 e. The van der Waals surface area contributed by atoms with Gasteiger partial charge in [-0.25, -0.2) is 0 Å². The number of nitrogens with zero attached hydrogens (tertiary/aromatic N) is 1. The number of nitrogen functional groups attached to an aromatic ring is 1. The van der Waals surface area contributed by atoms with Gasteiger partial charge in [-0.05, 0) is 24.6 Å². The summed E-state index contributed by atoms with van der Waals surface area (Å²) in [4.78, 5) is 13.9. The molecule has 5 heteroatoms. The molecule has 0 atom stereocenters. The lowest BCUT2D eigenvalue weighted by Gasteiger charge is -2.46. The molecule has 0 bridgehead atoms. The second kappa shape index (κ2) is 5.09. The molecule has 1 aliphatic rings. The first kappa shape index (κ1) is 13.7. The van der Waals surface area contributed by atoms with E-state index in [1.165, 1.54) is 0 Å². The molecule has 5 nitrogen and oxygen atoms in total. The Bertz CT molecular complexity index is 482. The van der Waals surface area contributed by atoms with Crippen molar-refractivity contribution in [1.29, 1.82) is 0 Å². The van der Waals surface area contributed by atoms with Gasteiger partial charge in [0.15, 0.2) is 0 Å². The highest BCUT2D eigenvalue weighted by atomic mass is 16.5. The van der Waals surface area contributed by atoms with E-state index in [-0.39, 0.29) is 5.91 Å². The zero-order chi connectivity index (χ0) is 14.0. The van der Waals surface area contributed by atoms with Crippen LogP contribution in [0.3, 0.4) is 0 Å². The number of carbonyl (C=O) groups excluding carboxylic acids is 1. The molecule has 1 saturated heterocycles. The fraction of sp³-hybridized carbons (Fsp3) is 0.500. The van der Waals surface area contributed by atoms with Crippen molar-refractivity contribution < 1.29 is 14.6 Å². The van der Waals surface area contributed by atoms with Crippen molar-refractivity contribution >= 4 is 11.6 Å². The highest BCUT2D eigenvalue weighted by molar-refractivity contribution is 6.00. The van der Waals surface area contributed by atoms with Crippen molar-refractivity contribution in [2.45, 2.75) is 25.4 Å². The Morgan fingerprint density at radius 1 is 1.53 bits per heavy atom. The number of β-amino-alcohol motifs (C(OH)–C–C–N with tert-alkyl or cyclic N) is 1. The van der Waals surface area contributed by atoms with Gasteiger partial charge in [-0.1, -0.05) is 13.3 Å². The first-order valence-corrected chi connectivity index (χ1v) is 6.44. The monoisotopic (exact) mass is 264 g/mol. The third-order valence-electron chi connectivity index (χ3n) is 3.46. The van der Waals surface area contributed by atoms with Crippen LogP contribution in [0.5, 0.6) is 5.75 Å². The highest BCUT2D eigenvalue weighted by Crippen LogP contribution is 2.29. The molecule has 1 aromatic carbocycles. The topological polar surface area (TPSA) is 75.8 Å². The molecule has 0 aromatic heterocycles. The van der Waals surface area contributed by atoms with Crippen LogP contribution in [0.4, 0.5) is 5.69 Å². The summed E-state index contributed by atoms with van der Waals surface area (Å²) in [6.45, 7) is 2.76. The van der Waals surface area contributed by atoms with Gasteiger partial charge in [0, 0.05) is 5.69 Å². The van der Waals surface area contributed by atoms with E-state index >= 15 is 0 Å². The average Bonchev–Trinajstić information content (AvgIpc) is 2.36. The minimum absolute atomic E-state index is 0.155. The Hall–Kier alpha value is -1.75. The Labute approximate surface area is 113 Å². The van der Waals surface area contributed by atoms with E-state index in [2.05, 4.69) is 0 Å². The fourth-order valence-electron chi connectivity index (χ4n) is 2.45. The molecule has 0 radical (unpaired) electrons. The van der Waals surface area contributed by atoms with Crippen LogP contribution in [-0.4, -0.2) is 41.7 Å². The second-order valence-electron chi connectivity index (χ2n) is 5.09. The van der Waals surface area contributed by atoms with Crippen molar-refractivity contribution in [2.24, 2.45) is 0 Å². The molecule has 0 unspecified atom stereocenters. The molecule has 104 valence electrons. The average molecular weight is 264 g/mol. The van der Waals surface area contributed by atoms with Gasteiger partial charge in [-0.2, -0.15) is 0 Å². The first-order valence-electron chi connectivity index (χ1n) is 6.44. The summed E-state index contributed by atoms with van der Waals surface area (Å²) < 4.78 is 5.10. The maximum atomic E-state index is 12.3. The van der Waals surface area contributed by atoms with Gasteiger partial charge in [0.25, 0.3) is 5.91 Å². The predicted octanol–water partition coefficient (Wildman–Crippen LogP) is 1.26. The second-order valence-corrected chi connectivity index (χ2v) is 5.09. The van der Waals surface area contributed by atoms with Crippen LogP contribution in [0.25, 0.3) is 0 Å². The summed E-state index contributed by atoms with van der Waals surface area (Å²) in [7, 11) is 1.55. The Balaban J connectivity index is 2.10. The maximum Gasteiger partial charge on any atom is 0.256 e. The van der Waals surface area contributed by atoms with Gasteiger partial charge in [-0.15, -0.1) is 0 Å². The number of anilines is 1. The number of rotatable bonds is 4. The number of ether oxygens (including phenoxy) is 1.